The molecule has 2 unspecified atom stereocenters. The Morgan fingerprint density at radius 1 is 1.43 bits per heavy atom. The number of morpholine rings is 1. The summed E-state index contributed by atoms with van der Waals surface area (Å²) < 4.78 is 57.4. The van der Waals surface area contributed by atoms with Crippen LogP contribution >= 0.6 is 0 Å². The maximum Gasteiger partial charge on any atom is 0.416 e. The SMILES string of the molecule is CC(N)C1CN(Cc2ccc(F)cc2C(F)(F)F)CCO1. The minimum atomic E-state index is -4.57. The molecule has 0 saturated carbocycles. The van der Waals surface area contributed by atoms with E-state index in [2.05, 4.69) is 0 Å². The number of rotatable bonds is 3. The Bertz CT molecular complexity index is 490. The molecule has 1 saturated heterocycles. The quantitative estimate of drug-likeness (QED) is 0.872. The highest BCUT2D eigenvalue weighted by Gasteiger charge is 2.34. The molecule has 0 aliphatic carbocycles. The first-order valence-electron chi connectivity index (χ1n) is 6.72. The smallest absolute Gasteiger partial charge is 0.374 e. The molecule has 1 aromatic rings. The van der Waals surface area contributed by atoms with Crippen molar-refractivity contribution in [3.63, 3.8) is 0 Å². The average Bonchev–Trinajstić information content (AvgIpc) is 2.40. The van der Waals surface area contributed by atoms with Crippen LogP contribution in [0.25, 0.3) is 0 Å². The van der Waals surface area contributed by atoms with E-state index in [1.54, 1.807) is 6.92 Å². The fraction of sp³-hybridized carbons (Fsp3) is 0.571. The number of halogens is 4. The lowest BCUT2D eigenvalue weighted by Crippen LogP contribution is -2.49. The molecular weight excluding hydrogens is 288 g/mol. The van der Waals surface area contributed by atoms with E-state index in [9.17, 15) is 17.6 Å². The summed E-state index contributed by atoms with van der Waals surface area (Å²) in [4.78, 5) is 1.85. The minimum Gasteiger partial charge on any atom is -0.374 e. The van der Waals surface area contributed by atoms with Gasteiger partial charge in [0.05, 0.1) is 18.3 Å². The van der Waals surface area contributed by atoms with E-state index in [0.29, 0.717) is 25.8 Å². The molecule has 0 spiro atoms. The average molecular weight is 306 g/mol. The van der Waals surface area contributed by atoms with Crippen LogP contribution in [-0.4, -0.2) is 36.7 Å². The Balaban J connectivity index is 2.16. The monoisotopic (exact) mass is 306 g/mol. The number of hydrogen-bond donors (Lipinski definition) is 1. The highest BCUT2D eigenvalue weighted by Crippen LogP contribution is 2.33. The molecule has 1 fully saturated rings. The number of nitrogens with two attached hydrogens (primary N) is 1. The van der Waals surface area contributed by atoms with Crippen LogP contribution in [0.5, 0.6) is 0 Å². The van der Waals surface area contributed by atoms with Gasteiger partial charge in [-0.1, -0.05) is 6.07 Å². The molecule has 1 aromatic carbocycles. The van der Waals surface area contributed by atoms with Crippen molar-refractivity contribution in [2.75, 3.05) is 19.7 Å². The first-order valence-corrected chi connectivity index (χ1v) is 6.72. The van der Waals surface area contributed by atoms with Crippen molar-refractivity contribution in [2.24, 2.45) is 5.73 Å². The van der Waals surface area contributed by atoms with E-state index in [4.69, 9.17) is 10.5 Å². The molecule has 118 valence electrons. The minimum absolute atomic E-state index is 0.0641. The Morgan fingerprint density at radius 2 is 2.14 bits per heavy atom. The number of alkyl halides is 3. The number of ether oxygens (including phenoxy) is 1. The standard InChI is InChI=1S/C14H18F4N2O/c1-9(19)13-8-20(4-5-21-13)7-10-2-3-11(15)6-12(10)14(16,17)18/h2-3,6,9,13H,4-5,7-8,19H2,1H3. The number of nitrogens with zero attached hydrogens (tertiary/aromatic N) is 1. The third-order valence-corrected chi connectivity index (χ3v) is 3.54. The second kappa shape index (κ2) is 6.29. The van der Waals surface area contributed by atoms with Gasteiger partial charge in [0.1, 0.15) is 5.82 Å². The molecule has 21 heavy (non-hydrogen) atoms. The van der Waals surface area contributed by atoms with Gasteiger partial charge in [-0.05, 0) is 24.6 Å². The van der Waals surface area contributed by atoms with E-state index >= 15 is 0 Å². The molecule has 3 nitrogen and oxygen atoms in total. The molecule has 0 radical (unpaired) electrons. The summed E-state index contributed by atoms with van der Waals surface area (Å²) in [6.07, 6.45) is -4.77. The molecule has 7 heteroatoms. The molecular formula is C14H18F4N2O. The van der Waals surface area contributed by atoms with Gasteiger partial charge in [0.15, 0.2) is 0 Å². The van der Waals surface area contributed by atoms with Gasteiger partial charge >= 0.3 is 6.18 Å². The highest BCUT2D eigenvalue weighted by molar-refractivity contribution is 5.30. The van der Waals surface area contributed by atoms with Crippen LogP contribution in [0.15, 0.2) is 18.2 Å². The third-order valence-electron chi connectivity index (χ3n) is 3.54. The van der Waals surface area contributed by atoms with E-state index < -0.39 is 17.6 Å². The predicted octanol–water partition coefficient (Wildman–Crippen LogP) is 2.39. The van der Waals surface area contributed by atoms with Crippen molar-refractivity contribution in [2.45, 2.75) is 31.8 Å². The van der Waals surface area contributed by atoms with Crippen molar-refractivity contribution < 1.29 is 22.3 Å². The molecule has 2 rings (SSSR count). The van der Waals surface area contributed by atoms with Gasteiger partial charge in [-0.3, -0.25) is 4.90 Å². The van der Waals surface area contributed by atoms with Crippen LogP contribution in [0.1, 0.15) is 18.1 Å². The van der Waals surface area contributed by atoms with Crippen LogP contribution in [0.4, 0.5) is 17.6 Å². The maximum absolute atomic E-state index is 13.1. The Morgan fingerprint density at radius 3 is 2.76 bits per heavy atom. The molecule has 1 heterocycles. The highest BCUT2D eigenvalue weighted by atomic mass is 19.4. The van der Waals surface area contributed by atoms with Gasteiger partial charge in [0.2, 0.25) is 0 Å². The lowest BCUT2D eigenvalue weighted by atomic mass is 10.0. The second-order valence-electron chi connectivity index (χ2n) is 5.30. The molecule has 1 aliphatic heterocycles. The predicted molar refractivity (Wildman–Crippen MR) is 70.1 cm³/mol. The molecule has 2 atom stereocenters. The van der Waals surface area contributed by atoms with E-state index in [1.165, 1.54) is 6.07 Å². The van der Waals surface area contributed by atoms with Crippen LogP contribution in [0.3, 0.4) is 0 Å². The van der Waals surface area contributed by atoms with Crippen molar-refractivity contribution in [3.8, 4) is 0 Å². The fourth-order valence-electron chi connectivity index (χ4n) is 2.38. The normalized spacial score (nSPS) is 22.3. The summed E-state index contributed by atoms with van der Waals surface area (Å²) in [6.45, 7) is 3.31. The molecule has 1 aliphatic rings. The first kappa shape index (κ1) is 16.2. The Hall–Kier alpha value is -1.18. The summed E-state index contributed by atoms with van der Waals surface area (Å²) in [5, 5.41) is 0. The zero-order chi connectivity index (χ0) is 15.6. The number of benzene rings is 1. The summed E-state index contributed by atoms with van der Waals surface area (Å²) in [5.74, 6) is -0.887. The summed E-state index contributed by atoms with van der Waals surface area (Å²) in [7, 11) is 0. The summed E-state index contributed by atoms with van der Waals surface area (Å²) in [6, 6.07) is 2.59. The van der Waals surface area contributed by atoms with Crippen LogP contribution < -0.4 is 5.73 Å². The number of hydrogen-bond acceptors (Lipinski definition) is 3. The largest absolute Gasteiger partial charge is 0.416 e. The zero-order valence-corrected chi connectivity index (χ0v) is 11.7. The van der Waals surface area contributed by atoms with Crippen molar-refractivity contribution in [1.82, 2.24) is 4.90 Å². The van der Waals surface area contributed by atoms with Crippen molar-refractivity contribution >= 4 is 0 Å². The lowest BCUT2D eigenvalue weighted by Gasteiger charge is -2.35. The topological polar surface area (TPSA) is 38.5 Å². The maximum atomic E-state index is 13.1. The van der Waals surface area contributed by atoms with Gasteiger partial charge in [-0.25, -0.2) is 4.39 Å². The zero-order valence-electron chi connectivity index (χ0n) is 11.7. The summed E-state index contributed by atoms with van der Waals surface area (Å²) in [5.41, 5.74) is 4.90. The third kappa shape index (κ3) is 4.15. The van der Waals surface area contributed by atoms with E-state index in [0.717, 1.165) is 6.07 Å². The molecule has 0 aromatic heterocycles. The van der Waals surface area contributed by atoms with Crippen LogP contribution in [-0.2, 0) is 17.5 Å². The van der Waals surface area contributed by atoms with Crippen molar-refractivity contribution in [1.29, 1.82) is 0 Å². The van der Waals surface area contributed by atoms with Gasteiger partial charge < -0.3 is 10.5 Å². The van der Waals surface area contributed by atoms with Gasteiger partial charge in [-0.15, -0.1) is 0 Å². The van der Waals surface area contributed by atoms with Crippen LogP contribution in [0.2, 0.25) is 0 Å². The first-order chi connectivity index (χ1) is 9.77. The van der Waals surface area contributed by atoms with Crippen LogP contribution in [0, 0.1) is 5.82 Å². The molecule has 0 amide bonds. The molecule has 2 N–H and O–H groups in total. The van der Waals surface area contributed by atoms with Gasteiger partial charge in [-0.2, -0.15) is 13.2 Å². The van der Waals surface area contributed by atoms with E-state index in [1.807, 2.05) is 4.90 Å². The van der Waals surface area contributed by atoms with Gasteiger partial charge in [0, 0.05) is 25.7 Å². The fourth-order valence-corrected chi connectivity index (χ4v) is 2.38. The van der Waals surface area contributed by atoms with Gasteiger partial charge in [0.25, 0.3) is 0 Å². The van der Waals surface area contributed by atoms with E-state index in [-0.39, 0.29) is 24.3 Å². The second-order valence-corrected chi connectivity index (χ2v) is 5.30. The van der Waals surface area contributed by atoms with Crippen molar-refractivity contribution in [3.05, 3.63) is 35.1 Å². The summed E-state index contributed by atoms with van der Waals surface area (Å²) >= 11 is 0. The Labute approximate surface area is 120 Å². The molecule has 0 bridgehead atoms. The lowest BCUT2D eigenvalue weighted by molar-refractivity contribution is -0.138. The Kier molecular flexibility index (Phi) is 4.85.